The number of aromatic nitrogens is 3. The number of hydrogen-bond donors (Lipinski definition) is 2. The monoisotopic (exact) mass is 506 g/mol. The molecule has 0 saturated carbocycles. The summed E-state index contributed by atoms with van der Waals surface area (Å²) in [5.41, 5.74) is 3.03. The maximum absolute atomic E-state index is 15.0. The lowest BCUT2D eigenvalue weighted by atomic mass is 9.98. The Hall–Kier alpha value is -3.79. The van der Waals surface area contributed by atoms with Crippen LogP contribution in [0.5, 0.6) is 5.75 Å². The van der Waals surface area contributed by atoms with Gasteiger partial charge >= 0.3 is 0 Å². The number of hydrogen-bond acceptors (Lipinski definition) is 8. The molecule has 0 bridgehead atoms. The Morgan fingerprint density at radius 1 is 1.08 bits per heavy atom. The van der Waals surface area contributed by atoms with E-state index in [9.17, 15) is 8.78 Å². The van der Waals surface area contributed by atoms with E-state index in [0.717, 1.165) is 43.5 Å². The van der Waals surface area contributed by atoms with Crippen molar-refractivity contribution in [1.82, 2.24) is 20.3 Å². The summed E-state index contributed by atoms with van der Waals surface area (Å²) in [6.45, 7) is 6.97. The molecule has 2 aromatic carbocycles. The van der Waals surface area contributed by atoms with Crippen LogP contribution in [0.1, 0.15) is 38.5 Å². The van der Waals surface area contributed by atoms with Gasteiger partial charge in [0.05, 0.1) is 18.4 Å². The zero-order valence-corrected chi connectivity index (χ0v) is 20.7. The maximum Gasteiger partial charge on any atom is 0.227 e. The highest BCUT2D eigenvalue weighted by Crippen LogP contribution is 2.39. The Morgan fingerprint density at radius 2 is 1.92 bits per heavy atom. The molecule has 6 rings (SSSR count). The van der Waals surface area contributed by atoms with Crippen molar-refractivity contribution >= 4 is 28.4 Å². The quantitative estimate of drug-likeness (QED) is 0.373. The topological polar surface area (TPSA) is 88.3 Å². The molecule has 8 nitrogen and oxygen atoms in total. The van der Waals surface area contributed by atoms with Crippen molar-refractivity contribution in [3.8, 4) is 17.0 Å². The molecule has 0 atom stereocenters. The molecule has 10 heteroatoms. The van der Waals surface area contributed by atoms with Crippen LogP contribution >= 0.6 is 0 Å². The van der Waals surface area contributed by atoms with Gasteiger partial charge in [-0.2, -0.15) is 0 Å². The minimum absolute atomic E-state index is 0.00388. The number of oxazole rings is 1. The molecule has 192 valence electrons. The fraction of sp³-hybridized carbons (Fsp3) is 0.370. The van der Waals surface area contributed by atoms with Crippen LogP contribution in [0, 0.1) is 11.6 Å². The average molecular weight is 507 g/mol. The third-order valence-corrected chi connectivity index (χ3v) is 6.90. The smallest absolute Gasteiger partial charge is 0.227 e. The molecule has 1 fully saturated rings. The molecular formula is C27H28F2N6O2. The lowest BCUT2D eigenvalue weighted by molar-refractivity contribution is 0.287. The fourth-order valence-electron chi connectivity index (χ4n) is 5.00. The molecule has 0 spiro atoms. The molecule has 0 amide bonds. The zero-order valence-electron chi connectivity index (χ0n) is 20.7. The first kappa shape index (κ1) is 23.6. The van der Waals surface area contributed by atoms with Crippen molar-refractivity contribution in [1.29, 1.82) is 0 Å². The van der Waals surface area contributed by atoms with Crippen molar-refractivity contribution in [2.45, 2.75) is 38.6 Å². The molecule has 2 aliphatic heterocycles. The maximum atomic E-state index is 15.0. The number of rotatable bonds is 5. The highest BCUT2D eigenvalue weighted by atomic mass is 19.1. The lowest BCUT2D eigenvalue weighted by Gasteiger charge is -2.34. The fourth-order valence-corrected chi connectivity index (χ4v) is 5.00. The van der Waals surface area contributed by atoms with Gasteiger partial charge in [0.15, 0.2) is 28.9 Å². The molecule has 37 heavy (non-hydrogen) atoms. The van der Waals surface area contributed by atoms with Crippen LogP contribution in [0.25, 0.3) is 22.4 Å². The van der Waals surface area contributed by atoms with Crippen molar-refractivity contribution in [3.05, 3.63) is 54.1 Å². The lowest BCUT2D eigenvalue weighted by Crippen LogP contribution is -2.38. The predicted molar refractivity (Wildman–Crippen MR) is 137 cm³/mol. The van der Waals surface area contributed by atoms with Crippen LogP contribution in [0.15, 0.2) is 40.9 Å². The van der Waals surface area contributed by atoms with Gasteiger partial charge in [-0.1, -0.05) is 0 Å². The van der Waals surface area contributed by atoms with E-state index in [1.54, 1.807) is 6.07 Å². The van der Waals surface area contributed by atoms with Crippen molar-refractivity contribution < 1.29 is 17.9 Å². The van der Waals surface area contributed by atoms with Crippen molar-refractivity contribution in [2.24, 2.45) is 0 Å². The Balaban J connectivity index is 1.30. The molecule has 2 aromatic heterocycles. The molecule has 0 unspecified atom stereocenters. The first-order valence-corrected chi connectivity index (χ1v) is 12.6. The van der Waals surface area contributed by atoms with Crippen LogP contribution in [-0.4, -0.2) is 47.2 Å². The number of nitrogens with zero attached hydrogens (tertiary/aromatic N) is 4. The minimum Gasteiger partial charge on any atom is -0.486 e. The van der Waals surface area contributed by atoms with E-state index in [2.05, 4.69) is 20.6 Å². The summed E-state index contributed by atoms with van der Waals surface area (Å²) in [6.07, 6.45) is 3.07. The number of ether oxygens (including phenoxy) is 1. The molecule has 2 aliphatic rings. The number of nitrogens with one attached hydrogen (secondary N) is 2. The van der Waals surface area contributed by atoms with Gasteiger partial charge < -0.3 is 24.7 Å². The molecule has 1 saturated heterocycles. The van der Waals surface area contributed by atoms with Gasteiger partial charge in [-0.25, -0.2) is 23.7 Å². The highest BCUT2D eigenvalue weighted by Gasteiger charge is 2.26. The van der Waals surface area contributed by atoms with Crippen LogP contribution < -0.4 is 20.3 Å². The van der Waals surface area contributed by atoms with E-state index >= 15 is 0 Å². The largest absolute Gasteiger partial charge is 0.486 e. The summed E-state index contributed by atoms with van der Waals surface area (Å²) >= 11 is 0. The average Bonchev–Trinajstić information content (AvgIpc) is 3.33. The normalized spacial score (nSPS) is 16.2. The van der Waals surface area contributed by atoms with Gasteiger partial charge in [0.2, 0.25) is 5.95 Å². The summed E-state index contributed by atoms with van der Waals surface area (Å²) < 4.78 is 41.4. The van der Waals surface area contributed by atoms with Crippen molar-refractivity contribution in [3.63, 3.8) is 0 Å². The van der Waals surface area contributed by atoms with Gasteiger partial charge in [-0.15, -0.1) is 0 Å². The summed E-state index contributed by atoms with van der Waals surface area (Å²) in [6, 6.07) is 8.64. The zero-order chi connectivity index (χ0) is 25.5. The molecule has 4 heterocycles. The van der Waals surface area contributed by atoms with Crippen molar-refractivity contribution in [2.75, 3.05) is 36.5 Å². The van der Waals surface area contributed by atoms with Gasteiger partial charge in [0.25, 0.3) is 0 Å². The van der Waals surface area contributed by atoms with Crippen LogP contribution in [-0.2, 0) is 0 Å². The van der Waals surface area contributed by atoms with E-state index in [-0.39, 0.29) is 23.4 Å². The van der Waals surface area contributed by atoms with E-state index in [0.29, 0.717) is 41.6 Å². The van der Waals surface area contributed by atoms with Gasteiger partial charge in [-0.05, 0) is 70.1 Å². The van der Waals surface area contributed by atoms with Crippen LogP contribution in [0.2, 0.25) is 0 Å². The predicted octanol–water partition coefficient (Wildman–Crippen LogP) is 5.38. The summed E-state index contributed by atoms with van der Waals surface area (Å²) in [5, 5.41) is 6.47. The molecule has 0 aliphatic carbocycles. The SMILES string of the molecule is CC(C)N1CCOc2c(F)cc(-c3nc(Nc4ccc5oc(C6CCNCC6)nc5c4)ncc3F)cc21. The number of fused-ring (bicyclic) bond motifs is 2. The second-order valence-electron chi connectivity index (χ2n) is 9.72. The summed E-state index contributed by atoms with van der Waals surface area (Å²) in [4.78, 5) is 15.2. The first-order valence-electron chi connectivity index (χ1n) is 12.6. The third-order valence-electron chi connectivity index (χ3n) is 6.90. The Bertz CT molecular complexity index is 1450. The number of benzene rings is 2. The molecule has 2 N–H and O–H groups in total. The van der Waals surface area contributed by atoms with E-state index in [1.807, 2.05) is 36.9 Å². The standard InChI is InChI=1S/C27H28F2N6O2/c1-15(2)35-9-10-36-25-19(28)11-17(12-22(25)35)24-20(29)14-31-27(34-24)32-18-3-4-23-21(13-18)33-26(37-23)16-5-7-30-8-6-16/h3-4,11-16,30H,5-10H2,1-2H3,(H,31,32,34). The second kappa shape index (κ2) is 9.59. The van der Waals surface area contributed by atoms with Crippen LogP contribution in [0.3, 0.4) is 0 Å². The second-order valence-corrected chi connectivity index (χ2v) is 9.72. The Morgan fingerprint density at radius 3 is 2.73 bits per heavy atom. The summed E-state index contributed by atoms with van der Waals surface area (Å²) in [7, 11) is 0. The van der Waals surface area contributed by atoms with E-state index in [4.69, 9.17) is 14.1 Å². The Labute approximate surface area is 213 Å². The first-order chi connectivity index (χ1) is 18.0. The Kier molecular flexibility index (Phi) is 6.11. The molecule has 4 aromatic rings. The van der Waals surface area contributed by atoms with E-state index < -0.39 is 11.6 Å². The van der Waals surface area contributed by atoms with E-state index in [1.165, 1.54) is 6.07 Å². The van der Waals surface area contributed by atoms with Crippen LogP contribution in [0.4, 0.5) is 26.1 Å². The number of piperidine rings is 1. The third kappa shape index (κ3) is 4.57. The minimum atomic E-state index is -0.642. The highest BCUT2D eigenvalue weighted by molar-refractivity contribution is 5.79. The van der Waals surface area contributed by atoms with Gasteiger partial charge in [0, 0.05) is 23.2 Å². The number of anilines is 3. The number of halogens is 2. The molecule has 0 radical (unpaired) electrons. The molecular weight excluding hydrogens is 478 g/mol. The van der Waals surface area contributed by atoms with Gasteiger partial charge in [-0.3, -0.25) is 0 Å². The van der Waals surface area contributed by atoms with Gasteiger partial charge in [0.1, 0.15) is 17.8 Å². The summed E-state index contributed by atoms with van der Waals surface area (Å²) in [5.74, 6) is 0.238.